The molecular formula is C23H30N4O. The molecule has 2 N–H and O–H groups in total. The lowest BCUT2D eigenvalue weighted by Gasteiger charge is -2.44. The molecule has 1 saturated heterocycles. The van der Waals surface area contributed by atoms with Crippen molar-refractivity contribution >= 4 is 16.8 Å². The largest absolute Gasteiger partial charge is 0.361 e. The molecule has 1 aliphatic carbocycles. The lowest BCUT2D eigenvalue weighted by molar-refractivity contribution is -0.121. The average Bonchev–Trinajstić information content (AvgIpc) is 3.12. The van der Waals surface area contributed by atoms with Crippen LogP contribution in [0.4, 0.5) is 0 Å². The van der Waals surface area contributed by atoms with E-state index < -0.39 is 0 Å². The molecule has 1 fully saturated rings. The Morgan fingerprint density at radius 3 is 3.18 bits per heavy atom. The Morgan fingerprint density at radius 1 is 1.46 bits per heavy atom. The standard InChI is InChI=1S/C23H30N4O/c1-2-25-22(28)10-3-6-16(13-24)15-27-11-5-8-18-19-7-4-9-20-23(19)17(14-26-20)12-21(18)27/h4,7,9,14,16,18,21,26H,2-3,5-6,8,10-12,15H2,1H3,(H,25,28)/t16?,18?,21-/m1/s1. The van der Waals surface area contributed by atoms with E-state index in [1.54, 1.807) is 0 Å². The summed E-state index contributed by atoms with van der Waals surface area (Å²) in [5.41, 5.74) is 4.16. The van der Waals surface area contributed by atoms with Gasteiger partial charge < -0.3 is 10.3 Å². The van der Waals surface area contributed by atoms with Gasteiger partial charge in [0, 0.05) is 48.6 Å². The van der Waals surface area contributed by atoms with Crippen molar-refractivity contribution in [2.45, 2.75) is 57.4 Å². The van der Waals surface area contributed by atoms with Gasteiger partial charge in [-0.15, -0.1) is 0 Å². The van der Waals surface area contributed by atoms with E-state index >= 15 is 0 Å². The van der Waals surface area contributed by atoms with Crippen LogP contribution in [0.3, 0.4) is 0 Å². The molecule has 3 atom stereocenters. The maximum atomic E-state index is 11.7. The molecule has 5 nitrogen and oxygen atoms in total. The van der Waals surface area contributed by atoms with Crippen molar-refractivity contribution in [2.75, 3.05) is 19.6 Å². The zero-order valence-corrected chi connectivity index (χ0v) is 16.7. The Balaban J connectivity index is 1.43. The summed E-state index contributed by atoms with van der Waals surface area (Å²) in [6.45, 7) is 4.50. The van der Waals surface area contributed by atoms with Crippen LogP contribution in [0.1, 0.15) is 56.1 Å². The fraction of sp³-hybridized carbons (Fsp3) is 0.565. The van der Waals surface area contributed by atoms with E-state index in [1.165, 1.54) is 34.9 Å². The number of nitriles is 1. The lowest BCUT2D eigenvalue weighted by Crippen LogP contribution is -2.48. The highest BCUT2D eigenvalue weighted by molar-refractivity contribution is 5.88. The number of likely N-dealkylation sites (tertiary alicyclic amines) is 1. The fourth-order valence-electron chi connectivity index (χ4n) is 5.24. The number of fused-ring (bicyclic) bond motifs is 2. The molecule has 4 rings (SSSR count). The van der Waals surface area contributed by atoms with Gasteiger partial charge in [-0.3, -0.25) is 9.69 Å². The Kier molecular flexibility index (Phi) is 5.68. The van der Waals surface area contributed by atoms with Crippen molar-refractivity contribution in [1.82, 2.24) is 15.2 Å². The third-order valence-corrected chi connectivity index (χ3v) is 6.51. The van der Waals surface area contributed by atoms with Crippen LogP contribution in [0.5, 0.6) is 0 Å². The Bertz CT molecular complexity index is 880. The molecule has 1 amide bonds. The molecule has 0 spiro atoms. The first kappa shape index (κ1) is 19.0. The zero-order valence-electron chi connectivity index (χ0n) is 16.7. The summed E-state index contributed by atoms with van der Waals surface area (Å²) < 4.78 is 0. The molecule has 0 radical (unpaired) electrons. The first-order chi connectivity index (χ1) is 13.7. The minimum absolute atomic E-state index is 0.00316. The SMILES string of the molecule is CCNC(=O)CCCC(C#N)CN1CCCC2c3cccc4[nH]cc(c34)C[C@H]21. The summed E-state index contributed by atoms with van der Waals surface area (Å²) >= 11 is 0. The van der Waals surface area contributed by atoms with E-state index in [9.17, 15) is 10.1 Å². The van der Waals surface area contributed by atoms with Gasteiger partial charge in [-0.25, -0.2) is 0 Å². The number of rotatable bonds is 7. The smallest absolute Gasteiger partial charge is 0.219 e. The molecule has 2 aliphatic rings. The number of hydrogen-bond donors (Lipinski definition) is 2. The van der Waals surface area contributed by atoms with Crippen LogP contribution in [0.15, 0.2) is 24.4 Å². The Hall–Kier alpha value is -2.32. The first-order valence-electron chi connectivity index (χ1n) is 10.7. The molecule has 28 heavy (non-hydrogen) atoms. The van der Waals surface area contributed by atoms with Crippen molar-refractivity contribution < 1.29 is 4.79 Å². The van der Waals surface area contributed by atoms with Crippen molar-refractivity contribution in [1.29, 1.82) is 5.26 Å². The number of carbonyl (C=O) groups excluding carboxylic acids is 1. The van der Waals surface area contributed by atoms with E-state index in [0.29, 0.717) is 24.9 Å². The number of benzene rings is 1. The van der Waals surface area contributed by atoms with Crippen molar-refractivity contribution in [2.24, 2.45) is 5.92 Å². The van der Waals surface area contributed by atoms with Gasteiger partial charge in [-0.05, 0) is 62.8 Å². The van der Waals surface area contributed by atoms with Crippen LogP contribution in [0.25, 0.3) is 10.9 Å². The van der Waals surface area contributed by atoms with Gasteiger partial charge in [0.05, 0.1) is 12.0 Å². The second-order valence-corrected chi connectivity index (χ2v) is 8.27. The highest BCUT2D eigenvalue weighted by Crippen LogP contribution is 2.43. The summed E-state index contributed by atoms with van der Waals surface area (Å²) in [6, 6.07) is 9.63. The van der Waals surface area contributed by atoms with E-state index in [-0.39, 0.29) is 11.8 Å². The molecule has 0 bridgehead atoms. The highest BCUT2D eigenvalue weighted by atomic mass is 16.1. The van der Waals surface area contributed by atoms with E-state index in [2.05, 4.69) is 45.7 Å². The molecule has 1 aromatic heterocycles. The molecule has 2 heterocycles. The summed E-state index contributed by atoms with van der Waals surface area (Å²) in [5.74, 6) is 0.657. The lowest BCUT2D eigenvalue weighted by atomic mass is 9.75. The number of aromatic nitrogens is 1. The van der Waals surface area contributed by atoms with E-state index in [0.717, 1.165) is 32.4 Å². The van der Waals surface area contributed by atoms with Crippen molar-refractivity contribution in [3.63, 3.8) is 0 Å². The second kappa shape index (κ2) is 8.36. The molecule has 2 unspecified atom stereocenters. The Labute approximate surface area is 167 Å². The van der Waals surface area contributed by atoms with Gasteiger partial charge in [0.15, 0.2) is 0 Å². The first-order valence-corrected chi connectivity index (χ1v) is 10.7. The van der Waals surface area contributed by atoms with Crippen LogP contribution >= 0.6 is 0 Å². The number of H-pyrrole nitrogens is 1. The Morgan fingerprint density at radius 2 is 2.36 bits per heavy atom. The third kappa shape index (κ3) is 3.66. The molecular weight excluding hydrogens is 348 g/mol. The molecule has 2 aromatic rings. The number of nitrogens with zero attached hydrogens (tertiary/aromatic N) is 2. The van der Waals surface area contributed by atoms with Crippen LogP contribution < -0.4 is 5.32 Å². The number of nitrogens with one attached hydrogen (secondary N) is 2. The predicted molar refractivity (Wildman–Crippen MR) is 111 cm³/mol. The van der Waals surface area contributed by atoms with E-state index in [1.807, 2.05) is 6.92 Å². The number of hydrogen-bond acceptors (Lipinski definition) is 3. The van der Waals surface area contributed by atoms with Gasteiger partial charge in [0.1, 0.15) is 0 Å². The monoisotopic (exact) mass is 378 g/mol. The number of aromatic amines is 1. The van der Waals surface area contributed by atoms with Crippen LogP contribution in [0, 0.1) is 17.2 Å². The zero-order chi connectivity index (χ0) is 19.5. The molecule has 0 saturated carbocycles. The molecule has 148 valence electrons. The number of piperidine rings is 1. The van der Waals surface area contributed by atoms with Crippen molar-refractivity contribution in [3.8, 4) is 6.07 Å². The summed E-state index contributed by atoms with van der Waals surface area (Å²) in [6.07, 6.45) is 7.77. The third-order valence-electron chi connectivity index (χ3n) is 6.51. The number of amides is 1. The quantitative estimate of drug-likeness (QED) is 0.771. The molecule has 5 heteroatoms. The van der Waals surface area contributed by atoms with Crippen LogP contribution in [-0.4, -0.2) is 41.5 Å². The van der Waals surface area contributed by atoms with Gasteiger partial charge >= 0.3 is 0 Å². The second-order valence-electron chi connectivity index (χ2n) is 8.27. The topological polar surface area (TPSA) is 71.9 Å². The normalized spacial score (nSPS) is 22.4. The minimum Gasteiger partial charge on any atom is -0.361 e. The fourth-order valence-corrected chi connectivity index (χ4v) is 5.24. The number of carbonyl (C=O) groups is 1. The minimum atomic E-state index is -0.00316. The van der Waals surface area contributed by atoms with E-state index in [4.69, 9.17) is 0 Å². The molecule has 1 aliphatic heterocycles. The maximum absolute atomic E-state index is 11.7. The van der Waals surface area contributed by atoms with Gasteiger partial charge in [0.2, 0.25) is 5.91 Å². The summed E-state index contributed by atoms with van der Waals surface area (Å²) in [4.78, 5) is 17.7. The maximum Gasteiger partial charge on any atom is 0.219 e. The highest BCUT2D eigenvalue weighted by Gasteiger charge is 2.37. The van der Waals surface area contributed by atoms with Gasteiger partial charge in [0.25, 0.3) is 0 Å². The van der Waals surface area contributed by atoms with Crippen molar-refractivity contribution in [3.05, 3.63) is 35.5 Å². The van der Waals surface area contributed by atoms with Gasteiger partial charge in [-0.2, -0.15) is 5.26 Å². The van der Waals surface area contributed by atoms with Gasteiger partial charge in [-0.1, -0.05) is 12.1 Å². The summed E-state index contributed by atoms with van der Waals surface area (Å²) in [7, 11) is 0. The average molecular weight is 379 g/mol. The summed E-state index contributed by atoms with van der Waals surface area (Å²) in [5, 5.41) is 14.0. The molecule has 1 aromatic carbocycles. The van der Waals surface area contributed by atoms with Crippen LogP contribution in [-0.2, 0) is 11.2 Å². The van der Waals surface area contributed by atoms with Crippen LogP contribution in [0.2, 0.25) is 0 Å². The predicted octanol–water partition coefficient (Wildman–Crippen LogP) is 3.72.